The predicted molar refractivity (Wildman–Crippen MR) is 84.7 cm³/mol. The van der Waals surface area contributed by atoms with Gasteiger partial charge >= 0.3 is 0 Å². The minimum Gasteiger partial charge on any atom is -0.338 e. The number of amides is 1. The molecule has 0 aliphatic carbocycles. The molecule has 1 aromatic carbocycles. The Morgan fingerprint density at radius 2 is 2.00 bits per heavy atom. The highest BCUT2D eigenvalue weighted by Crippen LogP contribution is 2.40. The molecule has 0 aromatic heterocycles. The van der Waals surface area contributed by atoms with Crippen molar-refractivity contribution in [3.8, 4) is 0 Å². The summed E-state index contributed by atoms with van der Waals surface area (Å²) in [7, 11) is 0. The molecule has 118 valence electrons. The van der Waals surface area contributed by atoms with E-state index in [1.807, 2.05) is 17.0 Å². The first-order chi connectivity index (χ1) is 10.6. The largest absolute Gasteiger partial charge is 0.338 e. The molecule has 1 aromatic rings. The van der Waals surface area contributed by atoms with Gasteiger partial charge in [0.25, 0.3) is 0 Å². The molecule has 3 rings (SSSR count). The lowest BCUT2D eigenvalue weighted by atomic mass is 9.78. The monoisotopic (exact) mass is 302 g/mol. The predicted octanol–water partition coefficient (Wildman–Crippen LogP) is 2.83. The number of rotatable bonds is 4. The third kappa shape index (κ3) is 2.93. The lowest BCUT2D eigenvalue weighted by molar-refractivity contribution is -0.138. The molecule has 3 nitrogen and oxygen atoms in total. The van der Waals surface area contributed by atoms with Crippen LogP contribution in [0.25, 0.3) is 0 Å². The number of likely N-dealkylation sites (tertiary alicyclic amines) is 2. The molecule has 2 saturated heterocycles. The summed E-state index contributed by atoms with van der Waals surface area (Å²) < 4.78 is 13.0. The summed E-state index contributed by atoms with van der Waals surface area (Å²) >= 11 is 0. The zero-order valence-electron chi connectivity index (χ0n) is 12.9. The molecule has 2 aliphatic heterocycles. The van der Waals surface area contributed by atoms with Crippen molar-refractivity contribution in [3.63, 3.8) is 0 Å². The summed E-state index contributed by atoms with van der Waals surface area (Å²) in [4.78, 5) is 17.0. The van der Waals surface area contributed by atoms with Crippen molar-refractivity contribution >= 4 is 5.91 Å². The van der Waals surface area contributed by atoms with Gasteiger partial charge in [0.05, 0.1) is 5.41 Å². The van der Waals surface area contributed by atoms with Crippen LogP contribution in [0.4, 0.5) is 4.39 Å². The summed E-state index contributed by atoms with van der Waals surface area (Å²) in [5, 5.41) is 0. The average molecular weight is 302 g/mol. The van der Waals surface area contributed by atoms with Crippen molar-refractivity contribution in [1.82, 2.24) is 9.80 Å². The molecule has 0 N–H and O–H groups in total. The van der Waals surface area contributed by atoms with Crippen LogP contribution >= 0.6 is 0 Å². The third-order valence-electron chi connectivity index (χ3n) is 4.93. The Balaban J connectivity index is 1.68. The lowest BCUT2D eigenvalue weighted by Crippen LogP contribution is -2.47. The van der Waals surface area contributed by atoms with E-state index in [0.29, 0.717) is 6.54 Å². The van der Waals surface area contributed by atoms with E-state index >= 15 is 0 Å². The standard InChI is InChI=1S/C18H23FN2O/c1-2-10-21-12-9-18(17(21)22)8-3-11-20(14-18)13-15-4-6-16(19)7-5-15/h2,4-7H,1,3,8-14H2/t18-/m1/s1. The van der Waals surface area contributed by atoms with E-state index in [1.54, 1.807) is 6.08 Å². The van der Waals surface area contributed by atoms with E-state index in [4.69, 9.17) is 0 Å². The van der Waals surface area contributed by atoms with Crippen molar-refractivity contribution in [2.24, 2.45) is 5.41 Å². The molecule has 0 bridgehead atoms. The van der Waals surface area contributed by atoms with Crippen LogP contribution in [0.2, 0.25) is 0 Å². The van der Waals surface area contributed by atoms with E-state index in [0.717, 1.165) is 51.0 Å². The fraction of sp³-hybridized carbons (Fsp3) is 0.500. The number of nitrogens with zero attached hydrogens (tertiary/aromatic N) is 2. The van der Waals surface area contributed by atoms with Gasteiger partial charge in [-0.25, -0.2) is 4.39 Å². The molecular formula is C18H23FN2O. The van der Waals surface area contributed by atoms with Gasteiger partial charge < -0.3 is 4.90 Å². The minimum atomic E-state index is -0.207. The number of hydrogen-bond acceptors (Lipinski definition) is 2. The molecule has 1 atom stereocenters. The van der Waals surface area contributed by atoms with Crippen molar-refractivity contribution < 1.29 is 9.18 Å². The second kappa shape index (κ2) is 6.21. The molecule has 22 heavy (non-hydrogen) atoms. The maximum atomic E-state index is 13.0. The van der Waals surface area contributed by atoms with E-state index in [1.165, 1.54) is 12.1 Å². The maximum Gasteiger partial charge on any atom is 0.230 e. The number of halogens is 1. The fourth-order valence-corrected chi connectivity index (χ4v) is 3.81. The number of piperidine rings is 1. The summed E-state index contributed by atoms with van der Waals surface area (Å²) in [5.74, 6) is 0.0844. The van der Waals surface area contributed by atoms with Gasteiger partial charge in [-0.15, -0.1) is 6.58 Å². The van der Waals surface area contributed by atoms with E-state index in [2.05, 4.69) is 11.5 Å². The van der Waals surface area contributed by atoms with Gasteiger partial charge in [-0.3, -0.25) is 9.69 Å². The van der Waals surface area contributed by atoms with Crippen LogP contribution in [-0.4, -0.2) is 41.9 Å². The highest BCUT2D eigenvalue weighted by Gasteiger charge is 2.48. The topological polar surface area (TPSA) is 23.6 Å². The molecule has 0 unspecified atom stereocenters. The molecule has 0 radical (unpaired) electrons. The number of carbonyl (C=O) groups excluding carboxylic acids is 1. The van der Waals surface area contributed by atoms with Crippen LogP contribution in [0.1, 0.15) is 24.8 Å². The highest BCUT2D eigenvalue weighted by atomic mass is 19.1. The van der Waals surface area contributed by atoms with Gasteiger partial charge in [0.2, 0.25) is 5.91 Å². The van der Waals surface area contributed by atoms with Crippen molar-refractivity contribution in [1.29, 1.82) is 0 Å². The van der Waals surface area contributed by atoms with E-state index in [-0.39, 0.29) is 17.1 Å². The van der Waals surface area contributed by atoms with Gasteiger partial charge in [0, 0.05) is 26.2 Å². The quantitative estimate of drug-likeness (QED) is 0.799. The van der Waals surface area contributed by atoms with Crippen LogP contribution in [0.15, 0.2) is 36.9 Å². The van der Waals surface area contributed by atoms with Gasteiger partial charge in [-0.2, -0.15) is 0 Å². The minimum absolute atomic E-state index is 0.204. The number of hydrogen-bond donors (Lipinski definition) is 0. The Hall–Kier alpha value is -1.68. The first-order valence-corrected chi connectivity index (χ1v) is 8.00. The van der Waals surface area contributed by atoms with Crippen molar-refractivity contribution in [3.05, 3.63) is 48.3 Å². The number of benzene rings is 1. The molecule has 0 saturated carbocycles. The smallest absolute Gasteiger partial charge is 0.230 e. The second-order valence-corrected chi connectivity index (χ2v) is 6.51. The van der Waals surface area contributed by atoms with Crippen molar-refractivity contribution in [2.75, 3.05) is 26.2 Å². The first kappa shape index (κ1) is 15.2. The van der Waals surface area contributed by atoms with Crippen LogP contribution in [0, 0.1) is 11.2 Å². The summed E-state index contributed by atoms with van der Waals surface area (Å²) in [6.45, 7) is 7.84. The summed E-state index contributed by atoms with van der Waals surface area (Å²) in [6, 6.07) is 6.66. The molecule has 1 amide bonds. The van der Waals surface area contributed by atoms with Gasteiger partial charge in [0.15, 0.2) is 0 Å². The third-order valence-corrected chi connectivity index (χ3v) is 4.93. The SMILES string of the molecule is C=CCN1CC[C@@]2(CCCN(Cc3ccc(F)cc3)C2)C1=O. The second-order valence-electron chi connectivity index (χ2n) is 6.51. The maximum absolute atomic E-state index is 13.0. The first-order valence-electron chi connectivity index (χ1n) is 8.00. The highest BCUT2D eigenvalue weighted by molar-refractivity contribution is 5.85. The van der Waals surface area contributed by atoms with E-state index < -0.39 is 0 Å². The van der Waals surface area contributed by atoms with Crippen LogP contribution in [0.5, 0.6) is 0 Å². The van der Waals surface area contributed by atoms with Gasteiger partial charge in [-0.05, 0) is 43.5 Å². The molecular weight excluding hydrogens is 279 g/mol. The van der Waals surface area contributed by atoms with Crippen LogP contribution in [-0.2, 0) is 11.3 Å². The van der Waals surface area contributed by atoms with Crippen LogP contribution < -0.4 is 0 Å². The van der Waals surface area contributed by atoms with Crippen LogP contribution in [0.3, 0.4) is 0 Å². The normalized spacial score (nSPS) is 25.9. The Morgan fingerprint density at radius 1 is 1.23 bits per heavy atom. The van der Waals surface area contributed by atoms with Gasteiger partial charge in [-0.1, -0.05) is 18.2 Å². The fourth-order valence-electron chi connectivity index (χ4n) is 3.81. The van der Waals surface area contributed by atoms with Gasteiger partial charge in [0.1, 0.15) is 5.82 Å². The summed E-state index contributed by atoms with van der Waals surface area (Å²) in [5.41, 5.74) is 0.897. The lowest BCUT2D eigenvalue weighted by Gasteiger charge is -2.39. The Labute approximate surface area is 131 Å². The summed E-state index contributed by atoms with van der Waals surface area (Å²) in [6.07, 6.45) is 4.78. The molecule has 4 heteroatoms. The average Bonchev–Trinajstić information content (AvgIpc) is 2.80. The Bertz CT molecular complexity index is 557. The molecule has 1 spiro atoms. The molecule has 2 fully saturated rings. The molecule has 2 heterocycles. The zero-order chi connectivity index (χ0) is 15.6. The zero-order valence-corrected chi connectivity index (χ0v) is 12.9. The Morgan fingerprint density at radius 3 is 2.73 bits per heavy atom. The van der Waals surface area contributed by atoms with Crippen molar-refractivity contribution in [2.45, 2.75) is 25.8 Å². The molecule has 2 aliphatic rings. The Kier molecular flexibility index (Phi) is 4.30. The van der Waals surface area contributed by atoms with E-state index in [9.17, 15) is 9.18 Å². The number of carbonyl (C=O) groups is 1.